The van der Waals surface area contributed by atoms with Crippen molar-refractivity contribution in [3.8, 4) is 11.3 Å². The third-order valence-electron chi connectivity index (χ3n) is 11.1. The standard InChI is InChI=1S/C34H39NO5S2/c1-4-8-29-39-28-16-24-23-12-11-21-15-22(36)13-14-32(21,2)30(23)26(37)17-33(24,3)34(28,40-29)27(38)19-42-31-35-25(18-41-31)20-9-6-5-7-10-20/h5-7,9-10,13-15,18,23-24,26,28-30,37H,4,8,11-12,16-17,19H2,1-3H3/t23?,24?,26?,28-,29-,30?,32?,33?,34-/m1/s1. The number of rotatable bonds is 7. The summed E-state index contributed by atoms with van der Waals surface area (Å²) in [5.41, 5.74) is 1.12. The summed E-state index contributed by atoms with van der Waals surface area (Å²) in [7, 11) is 0. The zero-order valence-electron chi connectivity index (χ0n) is 24.5. The molecule has 1 saturated heterocycles. The summed E-state index contributed by atoms with van der Waals surface area (Å²) in [5.74, 6) is 0.732. The van der Waals surface area contributed by atoms with Gasteiger partial charge in [0, 0.05) is 27.7 Å². The van der Waals surface area contributed by atoms with E-state index in [2.05, 4.69) is 20.8 Å². The Balaban J connectivity index is 1.18. The summed E-state index contributed by atoms with van der Waals surface area (Å²) in [6.07, 6.45) is 8.76. The molecule has 5 aliphatic rings. The number of aliphatic hydroxyl groups excluding tert-OH is 1. The molecule has 1 N–H and O–H groups in total. The minimum atomic E-state index is -1.09. The number of aliphatic hydroxyl groups is 1. The molecule has 7 rings (SSSR count). The van der Waals surface area contributed by atoms with Crippen molar-refractivity contribution >= 4 is 34.7 Å². The van der Waals surface area contributed by atoms with Crippen LogP contribution in [0.25, 0.3) is 11.3 Å². The van der Waals surface area contributed by atoms with Gasteiger partial charge in [-0.15, -0.1) is 11.3 Å². The highest BCUT2D eigenvalue weighted by Gasteiger charge is 2.75. The second-order valence-corrected chi connectivity index (χ2v) is 15.3. The molecule has 2 aromatic rings. The van der Waals surface area contributed by atoms with Crippen LogP contribution in [0.4, 0.5) is 0 Å². The van der Waals surface area contributed by atoms with E-state index in [1.165, 1.54) is 11.8 Å². The second-order valence-electron chi connectivity index (χ2n) is 13.2. The first-order chi connectivity index (χ1) is 20.2. The molecule has 2 heterocycles. The third kappa shape index (κ3) is 4.20. The molecule has 3 saturated carbocycles. The van der Waals surface area contributed by atoms with Gasteiger partial charge in [-0.3, -0.25) is 9.59 Å². The summed E-state index contributed by atoms with van der Waals surface area (Å²) >= 11 is 3.04. The van der Waals surface area contributed by atoms with Gasteiger partial charge in [0.1, 0.15) is 0 Å². The summed E-state index contributed by atoms with van der Waals surface area (Å²) in [6, 6.07) is 10.1. The van der Waals surface area contributed by atoms with Crippen molar-refractivity contribution in [1.82, 2.24) is 4.98 Å². The number of hydrogen-bond donors (Lipinski definition) is 1. The molecule has 222 valence electrons. The minimum Gasteiger partial charge on any atom is -0.393 e. The molecule has 9 atom stereocenters. The van der Waals surface area contributed by atoms with Crippen LogP contribution in [0, 0.1) is 28.6 Å². The maximum atomic E-state index is 14.5. The molecule has 1 aromatic carbocycles. The summed E-state index contributed by atoms with van der Waals surface area (Å²) < 4.78 is 14.2. The molecule has 0 amide bonds. The molecule has 0 radical (unpaired) electrons. The number of hydrogen-bond acceptors (Lipinski definition) is 8. The van der Waals surface area contributed by atoms with Crippen molar-refractivity contribution in [3.05, 3.63) is 59.5 Å². The van der Waals surface area contributed by atoms with Gasteiger partial charge in [0.25, 0.3) is 0 Å². The number of ketones is 2. The van der Waals surface area contributed by atoms with Crippen LogP contribution in [0.2, 0.25) is 0 Å². The summed E-state index contributed by atoms with van der Waals surface area (Å²) in [4.78, 5) is 31.5. The number of allylic oxidation sites excluding steroid dienone is 4. The van der Waals surface area contributed by atoms with Crippen LogP contribution in [0.3, 0.4) is 0 Å². The fourth-order valence-corrected chi connectivity index (χ4v) is 11.1. The fourth-order valence-electron chi connectivity index (χ4n) is 9.31. The van der Waals surface area contributed by atoms with E-state index in [9.17, 15) is 14.7 Å². The van der Waals surface area contributed by atoms with Crippen LogP contribution in [0.1, 0.15) is 59.3 Å². The predicted octanol–water partition coefficient (Wildman–Crippen LogP) is 6.64. The van der Waals surface area contributed by atoms with E-state index < -0.39 is 23.4 Å². The lowest BCUT2D eigenvalue weighted by molar-refractivity contribution is -0.197. The Bertz CT molecular complexity index is 1450. The summed E-state index contributed by atoms with van der Waals surface area (Å²) in [6.45, 7) is 6.47. The second kappa shape index (κ2) is 10.5. The number of thiazole rings is 1. The molecule has 1 aromatic heterocycles. The Labute approximate surface area is 256 Å². The summed E-state index contributed by atoms with van der Waals surface area (Å²) in [5, 5.41) is 14.0. The smallest absolute Gasteiger partial charge is 0.178 e. The minimum absolute atomic E-state index is 0.00144. The molecule has 6 unspecified atom stereocenters. The zero-order valence-corrected chi connectivity index (χ0v) is 26.1. The van der Waals surface area contributed by atoms with E-state index in [-0.39, 0.29) is 46.6 Å². The van der Waals surface area contributed by atoms with Crippen molar-refractivity contribution in [3.63, 3.8) is 0 Å². The van der Waals surface area contributed by atoms with Gasteiger partial charge in [0.15, 0.2) is 27.8 Å². The quantitative estimate of drug-likeness (QED) is 0.354. The van der Waals surface area contributed by atoms with E-state index in [0.717, 1.165) is 53.3 Å². The average molecular weight is 606 g/mol. The lowest BCUT2D eigenvalue weighted by atomic mass is 9.46. The van der Waals surface area contributed by atoms with Gasteiger partial charge in [0.2, 0.25) is 0 Å². The van der Waals surface area contributed by atoms with Crippen molar-refractivity contribution in [2.45, 2.75) is 87.7 Å². The van der Waals surface area contributed by atoms with E-state index in [0.29, 0.717) is 6.42 Å². The van der Waals surface area contributed by atoms with Crippen molar-refractivity contribution in [2.75, 3.05) is 5.75 Å². The third-order valence-corrected chi connectivity index (χ3v) is 13.1. The number of benzene rings is 1. The van der Waals surface area contributed by atoms with Gasteiger partial charge >= 0.3 is 0 Å². The molecule has 42 heavy (non-hydrogen) atoms. The van der Waals surface area contributed by atoms with Crippen molar-refractivity contribution in [2.24, 2.45) is 28.6 Å². The van der Waals surface area contributed by atoms with Gasteiger partial charge < -0.3 is 14.6 Å². The van der Waals surface area contributed by atoms with Crippen LogP contribution in [-0.4, -0.2) is 51.5 Å². The van der Waals surface area contributed by atoms with Crippen LogP contribution in [0.15, 0.2) is 63.9 Å². The number of aromatic nitrogens is 1. The lowest BCUT2D eigenvalue weighted by Gasteiger charge is -2.59. The van der Waals surface area contributed by atoms with E-state index in [1.54, 1.807) is 23.5 Å². The molecular formula is C34H39NO5S2. The number of nitrogens with zero attached hydrogens (tertiary/aromatic N) is 1. The van der Waals surface area contributed by atoms with E-state index in [1.807, 2.05) is 41.8 Å². The van der Waals surface area contributed by atoms with Gasteiger partial charge in [-0.2, -0.15) is 0 Å². The van der Waals surface area contributed by atoms with Gasteiger partial charge in [-0.1, -0.05) is 80.9 Å². The average Bonchev–Trinajstić information content (AvgIpc) is 3.65. The molecule has 1 aliphatic heterocycles. The Morgan fingerprint density at radius 1 is 1.24 bits per heavy atom. The highest BCUT2D eigenvalue weighted by atomic mass is 32.2. The zero-order chi connectivity index (χ0) is 29.3. The molecule has 0 spiro atoms. The maximum absolute atomic E-state index is 14.5. The molecule has 4 fully saturated rings. The van der Waals surface area contributed by atoms with Crippen LogP contribution >= 0.6 is 23.1 Å². The van der Waals surface area contributed by atoms with Crippen LogP contribution in [0.5, 0.6) is 0 Å². The molecule has 8 heteroatoms. The Kier molecular flexibility index (Phi) is 7.17. The largest absolute Gasteiger partial charge is 0.393 e. The molecule has 0 bridgehead atoms. The Morgan fingerprint density at radius 3 is 2.83 bits per heavy atom. The number of ether oxygens (including phenoxy) is 2. The SMILES string of the molecule is CCC[C@@H]1O[C@@H]2CC3C4CCC5=CC(=O)C=CC5(C)C4C(O)CC3(C)[C@]2(C(=O)CSc2nc(-c3ccccc3)cs2)O1. The topological polar surface area (TPSA) is 85.7 Å². The number of thioether (sulfide) groups is 1. The van der Waals surface area contributed by atoms with Gasteiger partial charge in [-0.05, 0) is 56.1 Å². The first-order valence-electron chi connectivity index (χ1n) is 15.3. The van der Waals surface area contributed by atoms with Crippen LogP contribution in [-0.2, 0) is 19.1 Å². The lowest BCUT2D eigenvalue weighted by Crippen LogP contribution is -2.63. The monoisotopic (exact) mass is 605 g/mol. The molecule has 4 aliphatic carbocycles. The number of fused-ring (bicyclic) bond motifs is 7. The number of carbonyl (C=O) groups excluding carboxylic acids is 2. The van der Waals surface area contributed by atoms with Crippen molar-refractivity contribution in [1.29, 1.82) is 0 Å². The highest BCUT2D eigenvalue weighted by molar-refractivity contribution is 8.01. The van der Waals surface area contributed by atoms with Gasteiger partial charge in [-0.25, -0.2) is 4.98 Å². The number of carbonyl (C=O) groups is 2. The fraction of sp³-hybridized carbons (Fsp3) is 0.559. The van der Waals surface area contributed by atoms with Crippen LogP contribution < -0.4 is 0 Å². The van der Waals surface area contributed by atoms with Gasteiger partial charge in [0.05, 0.1) is 23.7 Å². The molecule has 6 nitrogen and oxygen atoms in total. The highest BCUT2D eigenvalue weighted by Crippen LogP contribution is 2.69. The first-order valence-corrected chi connectivity index (χ1v) is 17.2. The Hall–Kier alpha value is -2.10. The van der Waals surface area contributed by atoms with Crippen molar-refractivity contribution < 1.29 is 24.2 Å². The first kappa shape index (κ1) is 28.7. The van der Waals surface area contributed by atoms with E-state index in [4.69, 9.17) is 14.5 Å². The maximum Gasteiger partial charge on any atom is 0.178 e. The normalized spacial score (nSPS) is 40.2. The Morgan fingerprint density at radius 2 is 2.05 bits per heavy atom. The van der Waals surface area contributed by atoms with E-state index >= 15 is 0 Å². The molecular weight excluding hydrogens is 567 g/mol. The predicted molar refractivity (Wildman–Crippen MR) is 164 cm³/mol. The number of Topliss-reactive ketones (excluding diaryl/α,β-unsaturated/α-hetero) is 1.